The second-order valence-corrected chi connectivity index (χ2v) is 11.7. The van der Waals surface area contributed by atoms with Gasteiger partial charge in [0.25, 0.3) is 5.91 Å². The fourth-order valence-corrected chi connectivity index (χ4v) is 6.12. The number of carbonyl (C=O) groups is 1. The van der Waals surface area contributed by atoms with E-state index in [1.807, 2.05) is 12.1 Å². The standard InChI is InChI=1S/C27H34N4O5S/c1-29-15-17-30(18-16-29)24-9-5-21(6-10-24)22-7-11-25(12-8-22)37(33,34)31-14-13-23(20-31)27(32)28-36-26-4-2-3-19-35-26/h5-13,26H,2-4,14-20H2,1H3,(H,28,32). The number of piperazine rings is 1. The Kier molecular flexibility index (Phi) is 7.92. The van der Waals surface area contributed by atoms with Crippen molar-refractivity contribution in [3.8, 4) is 11.1 Å². The Morgan fingerprint density at radius 1 is 0.973 bits per heavy atom. The molecule has 2 aromatic rings. The summed E-state index contributed by atoms with van der Waals surface area (Å²) in [5.41, 5.74) is 5.94. The molecule has 5 rings (SSSR count). The normalized spacial score (nSPS) is 21.6. The molecule has 10 heteroatoms. The van der Waals surface area contributed by atoms with Crippen LogP contribution >= 0.6 is 0 Å². The quantitative estimate of drug-likeness (QED) is 0.555. The number of carbonyl (C=O) groups excluding carboxylic acids is 1. The largest absolute Gasteiger partial charge is 0.369 e. The molecule has 2 saturated heterocycles. The number of nitrogens with zero attached hydrogens (tertiary/aromatic N) is 3. The maximum absolute atomic E-state index is 13.2. The van der Waals surface area contributed by atoms with Gasteiger partial charge in [0.15, 0.2) is 6.29 Å². The second kappa shape index (κ2) is 11.3. The van der Waals surface area contributed by atoms with Gasteiger partial charge in [-0.25, -0.2) is 18.7 Å². The number of sulfonamides is 1. The van der Waals surface area contributed by atoms with Crippen molar-refractivity contribution in [3.05, 3.63) is 60.2 Å². The Hall–Kier alpha value is -2.76. The van der Waals surface area contributed by atoms with E-state index >= 15 is 0 Å². The monoisotopic (exact) mass is 526 g/mol. The van der Waals surface area contributed by atoms with Gasteiger partial charge in [-0.15, -0.1) is 0 Å². The van der Waals surface area contributed by atoms with E-state index < -0.39 is 22.2 Å². The average Bonchev–Trinajstić information content (AvgIpc) is 3.45. The first-order chi connectivity index (χ1) is 17.9. The molecule has 1 N–H and O–H groups in total. The molecule has 2 fully saturated rings. The summed E-state index contributed by atoms with van der Waals surface area (Å²) < 4.78 is 33.1. The van der Waals surface area contributed by atoms with Gasteiger partial charge in [0.2, 0.25) is 10.0 Å². The smallest absolute Gasteiger partial charge is 0.271 e. The number of hydroxylamine groups is 1. The van der Waals surface area contributed by atoms with Crippen LogP contribution in [0, 0.1) is 0 Å². The molecule has 0 aromatic heterocycles. The SMILES string of the molecule is CN1CCN(c2ccc(-c3ccc(S(=O)(=O)N4CC=C(C(=O)NOC5CCCCO5)C4)cc3)cc2)CC1. The Balaban J connectivity index is 1.17. The summed E-state index contributed by atoms with van der Waals surface area (Å²) in [4.78, 5) is 22.7. The van der Waals surface area contributed by atoms with Crippen molar-refractivity contribution in [2.45, 2.75) is 30.4 Å². The number of likely N-dealkylation sites (N-methyl/N-ethyl adjacent to an activating group) is 1. The van der Waals surface area contributed by atoms with Gasteiger partial charge in [0.05, 0.1) is 4.90 Å². The van der Waals surface area contributed by atoms with Crippen molar-refractivity contribution >= 4 is 21.6 Å². The van der Waals surface area contributed by atoms with Gasteiger partial charge in [-0.05, 0) is 55.3 Å². The number of hydrogen-bond donors (Lipinski definition) is 1. The van der Waals surface area contributed by atoms with Crippen molar-refractivity contribution < 1.29 is 22.8 Å². The van der Waals surface area contributed by atoms with E-state index in [1.54, 1.807) is 18.2 Å². The number of anilines is 1. The van der Waals surface area contributed by atoms with E-state index in [2.05, 4.69) is 46.6 Å². The van der Waals surface area contributed by atoms with Crippen LogP contribution in [0.3, 0.4) is 0 Å². The molecule has 1 amide bonds. The Labute approximate surface area is 218 Å². The molecular weight excluding hydrogens is 492 g/mol. The first-order valence-corrected chi connectivity index (χ1v) is 14.2. The molecule has 198 valence electrons. The van der Waals surface area contributed by atoms with Crippen LogP contribution in [0.2, 0.25) is 0 Å². The zero-order chi connectivity index (χ0) is 25.8. The highest BCUT2D eigenvalue weighted by Crippen LogP contribution is 2.27. The first-order valence-electron chi connectivity index (χ1n) is 12.8. The van der Waals surface area contributed by atoms with E-state index in [1.165, 1.54) is 9.99 Å². The molecular formula is C27H34N4O5S. The van der Waals surface area contributed by atoms with Crippen LogP contribution in [0.1, 0.15) is 19.3 Å². The summed E-state index contributed by atoms with van der Waals surface area (Å²) >= 11 is 0. The zero-order valence-electron chi connectivity index (χ0n) is 21.1. The summed E-state index contributed by atoms with van der Waals surface area (Å²) in [7, 11) is -1.60. The maximum atomic E-state index is 13.2. The summed E-state index contributed by atoms with van der Waals surface area (Å²) in [6.07, 6.45) is 3.84. The van der Waals surface area contributed by atoms with Crippen LogP contribution in [0.4, 0.5) is 5.69 Å². The fraction of sp³-hybridized carbons (Fsp3) is 0.444. The number of amides is 1. The lowest BCUT2D eigenvalue weighted by molar-refractivity contribution is -0.198. The van der Waals surface area contributed by atoms with Gasteiger partial charge in [-0.3, -0.25) is 4.79 Å². The van der Waals surface area contributed by atoms with Crippen molar-refractivity contribution in [3.63, 3.8) is 0 Å². The first kappa shape index (κ1) is 25.9. The average molecular weight is 527 g/mol. The molecule has 0 saturated carbocycles. The molecule has 1 unspecified atom stereocenters. The van der Waals surface area contributed by atoms with Gasteiger partial charge < -0.3 is 14.5 Å². The van der Waals surface area contributed by atoms with Crippen LogP contribution in [0.25, 0.3) is 11.1 Å². The van der Waals surface area contributed by atoms with Crippen LogP contribution in [0.15, 0.2) is 65.1 Å². The highest BCUT2D eigenvalue weighted by Gasteiger charge is 2.31. The molecule has 37 heavy (non-hydrogen) atoms. The van der Waals surface area contributed by atoms with Crippen molar-refractivity contribution in [2.75, 3.05) is 57.8 Å². The maximum Gasteiger partial charge on any atom is 0.271 e. The van der Waals surface area contributed by atoms with E-state index in [9.17, 15) is 13.2 Å². The van der Waals surface area contributed by atoms with Crippen LogP contribution in [-0.4, -0.2) is 82.7 Å². The summed E-state index contributed by atoms with van der Waals surface area (Å²) in [5, 5.41) is 0. The van der Waals surface area contributed by atoms with E-state index in [4.69, 9.17) is 9.57 Å². The molecule has 2 aromatic carbocycles. The molecule has 3 heterocycles. The molecule has 0 radical (unpaired) electrons. The minimum Gasteiger partial charge on any atom is -0.369 e. The van der Waals surface area contributed by atoms with Gasteiger partial charge in [0.1, 0.15) is 0 Å². The number of ether oxygens (including phenoxy) is 1. The van der Waals surface area contributed by atoms with E-state index in [0.29, 0.717) is 12.2 Å². The number of nitrogens with one attached hydrogen (secondary N) is 1. The van der Waals surface area contributed by atoms with Gasteiger partial charge in [0, 0.05) is 63.6 Å². The van der Waals surface area contributed by atoms with E-state index in [-0.39, 0.29) is 18.0 Å². The van der Waals surface area contributed by atoms with Crippen molar-refractivity contribution in [1.82, 2.24) is 14.7 Å². The Morgan fingerprint density at radius 2 is 1.65 bits per heavy atom. The Bertz CT molecular complexity index is 1220. The van der Waals surface area contributed by atoms with Gasteiger partial charge in [-0.2, -0.15) is 4.31 Å². The minimum absolute atomic E-state index is 0.00143. The van der Waals surface area contributed by atoms with E-state index in [0.717, 1.165) is 56.6 Å². The zero-order valence-corrected chi connectivity index (χ0v) is 22.0. The molecule has 3 aliphatic rings. The third-order valence-electron chi connectivity index (χ3n) is 7.16. The minimum atomic E-state index is -3.74. The fourth-order valence-electron chi connectivity index (χ4n) is 4.77. The summed E-state index contributed by atoms with van der Waals surface area (Å²) in [5.74, 6) is -0.442. The highest BCUT2D eigenvalue weighted by atomic mass is 32.2. The third-order valence-corrected chi connectivity index (χ3v) is 8.99. The van der Waals surface area contributed by atoms with Crippen molar-refractivity contribution in [2.24, 2.45) is 0 Å². The highest BCUT2D eigenvalue weighted by molar-refractivity contribution is 7.89. The molecule has 0 spiro atoms. The number of hydrogen-bond acceptors (Lipinski definition) is 7. The van der Waals surface area contributed by atoms with Gasteiger partial charge in [-0.1, -0.05) is 30.3 Å². The molecule has 9 nitrogen and oxygen atoms in total. The molecule has 0 bridgehead atoms. The number of benzene rings is 2. The van der Waals surface area contributed by atoms with Crippen LogP contribution in [0.5, 0.6) is 0 Å². The van der Waals surface area contributed by atoms with Crippen molar-refractivity contribution in [1.29, 1.82) is 0 Å². The lowest BCUT2D eigenvalue weighted by Crippen LogP contribution is -2.44. The lowest BCUT2D eigenvalue weighted by atomic mass is 10.1. The van der Waals surface area contributed by atoms with Crippen LogP contribution in [-0.2, 0) is 24.4 Å². The Morgan fingerprint density at radius 3 is 2.30 bits per heavy atom. The number of rotatable bonds is 7. The van der Waals surface area contributed by atoms with Crippen LogP contribution < -0.4 is 10.4 Å². The summed E-state index contributed by atoms with van der Waals surface area (Å²) in [6.45, 7) is 4.88. The predicted molar refractivity (Wildman–Crippen MR) is 141 cm³/mol. The molecule has 3 aliphatic heterocycles. The van der Waals surface area contributed by atoms with Gasteiger partial charge >= 0.3 is 0 Å². The molecule has 1 atom stereocenters. The lowest BCUT2D eigenvalue weighted by Gasteiger charge is -2.34. The topological polar surface area (TPSA) is 91.4 Å². The summed E-state index contributed by atoms with van der Waals surface area (Å²) in [6, 6.07) is 15.3. The molecule has 0 aliphatic carbocycles. The third kappa shape index (κ3) is 6.05. The predicted octanol–water partition coefficient (Wildman–Crippen LogP) is 2.61. The second-order valence-electron chi connectivity index (χ2n) is 9.73.